The van der Waals surface area contributed by atoms with Gasteiger partial charge in [-0.15, -0.1) is 0 Å². The van der Waals surface area contributed by atoms with Crippen molar-refractivity contribution in [2.45, 2.75) is 0 Å². The standard InChI is InChI=1S/C8H11N.3CO.Cr/c1-9(2)8-6-4-3-5-7-8;3*1-2;/h3-7H,1-2H3;;;;/q;;;;+6. The van der Waals surface area contributed by atoms with E-state index in [1.807, 2.05) is 32.3 Å². The summed E-state index contributed by atoms with van der Waals surface area (Å²) in [6.45, 7) is 13.5. The predicted molar refractivity (Wildman–Crippen MR) is 52.6 cm³/mol. The van der Waals surface area contributed by atoms with Gasteiger partial charge in [0.1, 0.15) is 0 Å². The normalized spacial score (nSPS) is 5.50. The van der Waals surface area contributed by atoms with Crippen LogP contribution in [0.25, 0.3) is 0 Å². The maximum atomic E-state index is 7.50. The fraction of sp³-hybridized carbons (Fsp3) is 0.182. The van der Waals surface area contributed by atoms with Gasteiger partial charge in [-0.3, -0.25) is 0 Å². The third kappa shape index (κ3) is 15.3. The van der Waals surface area contributed by atoms with E-state index in [4.69, 9.17) is 14.0 Å². The molecule has 0 aliphatic carbocycles. The molecule has 0 unspecified atom stereocenters. The monoisotopic (exact) mass is 257 g/mol. The third-order valence-electron chi connectivity index (χ3n) is 1.27. The molecule has 0 atom stereocenters. The number of hydrogen-bond donors (Lipinski definition) is 0. The van der Waals surface area contributed by atoms with Crippen molar-refractivity contribution >= 4 is 5.69 Å². The number of benzene rings is 1. The molecule has 1 rings (SSSR count). The van der Waals surface area contributed by atoms with E-state index in [1.165, 1.54) is 5.69 Å². The summed E-state index contributed by atoms with van der Waals surface area (Å²) in [5.74, 6) is 0. The molecule has 5 heteroatoms. The van der Waals surface area contributed by atoms with Gasteiger partial charge in [0.15, 0.2) is 0 Å². The van der Waals surface area contributed by atoms with Gasteiger partial charge in [-0.2, -0.15) is 0 Å². The van der Waals surface area contributed by atoms with Crippen LogP contribution in [0.4, 0.5) is 5.69 Å². The Labute approximate surface area is 107 Å². The number of rotatable bonds is 1. The molecule has 0 amide bonds. The van der Waals surface area contributed by atoms with Gasteiger partial charge >= 0.3 is 51.3 Å². The van der Waals surface area contributed by atoms with Crippen LogP contribution in [0.1, 0.15) is 0 Å². The van der Waals surface area contributed by atoms with E-state index in [0.717, 1.165) is 0 Å². The second-order valence-corrected chi connectivity index (χ2v) is 2.23. The molecule has 0 radical (unpaired) electrons. The number of para-hydroxylation sites is 1. The van der Waals surface area contributed by atoms with Crippen LogP contribution in [0.5, 0.6) is 0 Å². The zero-order valence-electron chi connectivity index (χ0n) is 8.97. The van der Waals surface area contributed by atoms with Gasteiger partial charge in [0.05, 0.1) is 0 Å². The van der Waals surface area contributed by atoms with Gasteiger partial charge in [-0.25, -0.2) is 0 Å². The van der Waals surface area contributed by atoms with Crippen molar-refractivity contribution < 1.29 is 31.3 Å². The molecule has 0 heterocycles. The molecular weight excluding hydrogens is 246 g/mol. The van der Waals surface area contributed by atoms with E-state index in [-0.39, 0.29) is 17.4 Å². The van der Waals surface area contributed by atoms with Crippen molar-refractivity contribution in [2.75, 3.05) is 19.0 Å². The Balaban J connectivity index is -0.0000000900. The first-order valence-corrected chi connectivity index (χ1v) is 3.64. The van der Waals surface area contributed by atoms with Crippen LogP contribution >= 0.6 is 0 Å². The van der Waals surface area contributed by atoms with E-state index in [2.05, 4.69) is 37.0 Å². The minimum absolute atomic E-state index is 0. The summed E-state index contributed by atoms with van der Waals surface area (Å²) in [5.41, 5.74) is 1.25. The van der Waals surface area contributed by atoms with Crippen LogP contribution in [0, 0.1) is 20.0 Å². The molecule has 1 aromatic rings. The Morgan fingerprint density at radius 2 is 1.12 bits per heavy atom. The summed E-state index contributed by atoms with van der Waals surface area (Å²) in [4.78, 5) is 2.08. The molecule has 0 aromatic heterocycles. The van der Waals surface area contributed by atoms with Gasteiger partial charge in [0, 0.05) is 19.8 Å². The van der Waals surface area contributed by atoms with Crippen molar-refractivity contribution in [3.63, 3.8) is 0 Å². The molecule has 0 saturated heterocycles. The molecule has 0 fully saturated rings. The molecule has 4 nitrogen and oxygen atoms in total. The number of anilines is 1. The Hall–Kier alpha value is -1.23. The SMILES string of the molecule is CN(C)c1ccccc1.[C-]#[O+].[C-]#[O+].[C-]#[O+].[Cr+6]. The topological polar surface area (TPSA) is 62.9 Å². The minimum Gasteiger partial charge on any atom is 6.00 e. The molecule has 0 N–H and O–H groups in total. The molecule has 0 bridgehead atoms. The molecule has 0 spiro atoms. The first-order valence-electron chi connectivity index (χ1n) is 3.64. The minimum atomic E-state index is 0. The van der Waals surface area contributed by atoms with Crippen molar-refractivity contribution in [3.8, 4) is 0 Å². The summed E-state index contributed by atoms with van der Waals surface area (Å²) in [5, 5.41) is 0. The first kappa shape index (κ1) is 24.1. The zero-order chi connectivity index (χ0) is 12.7. The maximum absolute atomic E-state index is 7.50. The van der Waals surface area contributed by atoms with E-state index >= 15 is 0 Å². The molecule has 1 aromatic carbocycles. The van der Waals surface area contributed by atoms with Gasteiger partial charge in [-0.05, 0) is 12.1 Å². The van der Waals surface area contributed by atoms with Crippen LogP contribution in [-0.2, 0) is 31.3 Å². The van der Waals surface area contributed by atoms with E-state index in [0.29, 0.717) is 0 Å². The van der Waals surface area contributed by atoms with Gasteiger partial charge in [0.25, 0.3) is 0 Å². The molecule has 78 valence electrons. The average Bonchev–Trinajstić information content (AvgIpc) is 2.38. The maximum Gasteiger partial charge on any atom is 6.00 e. The smallest absolute Gasteiger partial charge is 6.00 e. The largest absolute Gasteiger partial charge is 6.00 e. The van der Waals surface area contributed by atoms with E-state index in [9.17, 15) is 0 Å². The molecule has 0 aliphatic rings. The van der Waals surface area contributed by atoms with Crippen LogP contribution < -0.4 is 4.90 Å². The second kappa shape index (κ2) is 23.5. The van der Waals surface area contributed by atoms with Crippen molar-refractivity contribution in [2.24, 2.45) is 0 Å². The summed E-state index contributed by atoms with van der Waals surface area (Å²) < 4.78 is 22.5. The molecule has 16 heavy (non-hydrogen) atoms. The summed E-state index contributed by atoms with van der Waals surface area (Å²) in [6, 6.07) is 10.3. The van der Waals surface area contributed by atoms with Crippen LogP contribution in [0.2, 0.25) is 0 Å². The Morgan fingerprint density at radius 3 is 1.31 bits per heavy atom. The second-order valence-electron chi connectivity index (χ2n) is 2.23. The fourth-order valence-electron chi connectivity index (χ4n) is 0.726. The Bertz CT molecular complexity index is 266. The first-order chi connectivity index (χ1) is 7.30. The third-order valence-corrected chi connectivity index (χ3v) is 1.27. The summed E-state index contributed by atoms with van der Waals surface area (Å²) >= 11 is 0. The molecule has 0 saturated carbocycles. The fourth-order valence-corrected chi connectivity index (χ4v) is 0.726. The zero-order valence-corrected chi connectivity index (χ0v) is 10.2. The van der Waals surface area contributed by atoms with Crippen LogP contribution in [-0.4, -0.2) is 14.1 Å². The summed E-state index contributed by atoms with van der Waals surface area (Å²) in [6.07, 6.45) is 0. The number of nitrogens with zero attached hydrogens (tertiary/aromatic N) is 1. The van der Waals surface area contributed by atoms with Crippen molar-refractivity contribution in [1.29, 1.82) is 0 Å². The van der Waals surface area contributed by atoms with E-state index in [1.54, 1.807) is 0 Å². The average molecular weight is 257 g/mol. The summed E-state index contributed by atoms with van der Waals surface area (Å²) in [7, 11) is 4.07. The van der Waals surface area contributed by atoms with Crippen LogP contribution in [0.3, 0.4) is 0 Å². The van der Waals surface area contributed by atoms with Crippen molar-refractivity contribution in [1.82, 2.24) is 0 Å². The molecule has 0 aliphatic heterocycles. The Morgan fingerprint density at radius 1 is 0.812 bits per heavy atom. The van der Waals surface area contributed by atoms with E-state index < -0.39 is 0 Å². The van der Waals surface area contributed by atoms with Gasteiger partial charge in [0.2, 0.25) is 0 Å². The predicted octanol–water partition coefficient (Wildman–Crippen LogP) is 1.64. The van der Waals surface area contributed by atoms with Crippen molar-refractivity contribution in [3.05, 3.63) is 50.3 Å². The van der Waals surface area contributed by atoms with Gasteiger partial charge in [-0.1, -0.05) is 18.2 Å². The molecular formula is C11H11CrNO3+6. The quantitative estimate of drug-likeness (QED) is 0.557. The van der Waals surface area contributed by atoms with Crippen LogP contribution in [0.15, 0.2) is 30.3 Å². The van der Waals surface area contributed by atoms with Gasteiger partial charge < -0.3 is 4.90 Å². The Kier molecular flexibility index (Phi) is 35.5. The number of hydrogen-bond acceptors (Lipinski definition) is 1.